The maximum Gasteiger partial charge on any atom is 0.185 e. The maximum absolute atomic E-state index is 12.9. The molecule has 1 N–H and O–H groups in total. The van der Waals surface area contributed by atoms with E-state index in [9.17, 15) is 4.39 Å². The second-order valence-electron chi connectivity index (χ2n) is 5.20. The van der Waals surface area contributed by atoms with Gasteiger partial charge in [0.1, 0.15) is 5.82 Å². The molecule has 1 unspecified atom stereocenters. The molecule has 1 aromatic carbocycles. The Labute approximate surface area is 129 Å². The van der Waals surface area contributed by atoms with Crippen LogP contribution in [0.15, 0.2) is 30.5 Å². The van der Waals surface area contributed by atoms with Crippen molar-refractivity contribution in [1.82, 2.24) is 10.3 Å². The molecule has 0 spiro atoms. The Morgan fingerprint density at radius 3 is 2.71 bits per heavy atom. The third kappa shape index (κ3) is 4.51. The summed E-state index contributed by atoms with van der Waals surface area (Å²) in [6.45, 7) is 6.06. The molecule has 0 saturated carbocycles. The summed E-state index contributed by atoms with van der Waals surface area (Å²) < 4.78 is 12.9. The lowest BCUT2D eigenvalue weighted by atomic mass is 10.2. The van der Waals surface area contributed by atoms with E-state index in [1.54, 1.807) is 11.3 Å². The van der Waals surface area contributed by atoms with E-state index >= 15 is 0 Å². The Hall–Kier alpha value is -1.46. The average molecular weight is 307 g/mol. The van der Waals surface area contributed by atoms with Crippen molar-refractivity contribution in [3.63, 3.8) is 0 Å². The molecule has 0 amide bonds. The van der Waals surface area contributed by atoms with Crippen LogP contribution in [-0.4, -0.2) is 18.6 Å². The zero-order chi connectivity index (χ0) is 15.2. The van der Waals surface area contributed by atoms with Gasteiger partial charge in [0, 0.05) is 30.7 Å². The fourth-order valence-corrected chi connectivity index (χ4v) is 2.95. The first kappa shape index (κ1) is 15.9. The number of hydrogen-bond acceptors (Lipinski definition) is 4. The number of hydrogen-bond donors (Lipinski definition) is 1. The van der Waals surface area contributed by atoms with Gasteiger partial charge in [-0.05, 0) is 37.6 Å². The summed E-state index contributed by atoms with van der Waals surface area (Å²) in [6, 6.07) is 6.94. The molecule has 2 aromatic rings. The summed E-state index contributed by atoms with van der Waals surface area (Å²) >= 11 is 1.70. The van der Waals surface area contributed by atoms with Crippen molar-refractivity contribution in [2.75, 3.05) is 18.5 Å². The number of benzene rings is 1. The van der Waals surface area contributed by atoms with Crippen LogP contribution in [0, 0.1) is 5.82 Å². The zero-order valence-corrected chi connectivity index (χ0v) is 13.6. The zero-order valence-electron chi connectivity index (χ0n) is 12.8. The standard InChI is InChI=1S/C16H22FN3S/c1-4-9-18-12(2)15-10-19-16(21-15)20(3)11-13-5-7-14(17)8-6-13/h5-8,10,12,18H,4,9,11H2,1-3H3. The van der Waals surface area contributed by atoms with Gasteiger partial charge < -0.3 is 10.2 Å². The van der Waals surface area contributed by atoms with Gasteiger partial charge in [-0.3, -0.25) is 0 Å². The second-order valence-corrected chi connectivity index (χ2v) is 6.24. The van der Waals surface area contributed by atoms with E-state index in [2.05, 4.69) is 29.0 Å². The van der Waals surface area contributed by atoms with Gasteiger partial charge in [-0.25, -0.2) is 9.37 Å². The third-order valence-corrected chi connectivity index (χ3v) is 4.59. The fourth-order valence-electron chi connectivity index (χ4n) is 2.05. The lowest BCUT2D eigenvalue weighted by molar-refractivity contribution is 0.577. The van der Waals surface area contributed by atoms with Crippen LogP contribution < -0.4 is 10.2 Å². The number of halogens is 1. The molecule has 21 heavy (non-hydrogen) atoms. The highest BCUT2D eigenvalue weighted by molar-refractivity contribution is 7.15. The minimum Gasteiger partial charge on any atom is -0.347 e. The Kier molecular flexibility index (Phi) is 5.70. The molecule has 114 valence electrons. The molecule has 0 aliphatic carbocycles. The van der Waals surface area contributed by atoms with E-state index in [-0.39, 0.29) is 5.82 Å². The van der Waals surface area contributed by atoms with Crippen molar-refractivity contribution in [3.05, 3.63) is 46.7 Å². The van der Waals surface area contributed by atoms with Gasteiger partial charge in [-0.2, -0.15) is 0 Å². The first-order valence-corrected chi connectivity index (χ1v) is 8.06. The number of thiazole rings is 1. The SMILES string of the molecule is CCCNC(C)c1cnc(N(C)Cc2ccc(F)cc2)s1. The Morgan fingerprint density at radius 1 is 1.33 bits per heavy atom. The van der Waals surface area contributed by atoms with Crippen molar-refractivity contribution >= 4 is 16.5 Å². The van der Waals surface area contributed by atoms with Crippen LogP contribution in [0.2, 0.25) is 0 Å². The minimum absolute atomic E-state index is 0.200. The molecule has 1 aromatic heterocycles. The number of nitrogens with zero attached hydrogens (tertiary/aromatic N) is 2. The van der Waals surface area contributed by atoms with Crippen molar-refractivity contribution in [2.45, 2.75) is 32.9 Å². The van der Waals surface area contributed by atoms with Gasteiger partial charge in [0.15, 0.2) is 5.13 Å². The normalized spacial score (nSPS) is 12.4. The molecule has 1 atom stereocenters. The highest BCUT2D eigenvalue weighted by Gasteiger charge is 2.12. The summed E-state index contributed by atoms with van der Waals surface area (Å²) in [5.74, 6) is -0.200. The van der Waals surface area contributed by atoms with E-state index in [1.165, 1.54) is 17.0 Å². The summed E-state index contributed by atoms with van der Waals surface area (Å²) in [5, 5.41) is 4.45. The van der Waals surface area contributed by atoms with Crippen LogP contribution in [0.4, 0.5) is 9.52 Å². The van der Waals surface area contributed by atoms with E-state index < -0.39 is 0 Å². The van der Waals surface area contributed by atoms with Crippen LogP contribution in [0.3, 0.4) is 0 Å². The number of rotatable bonds is 7. The molecule has 0 radical (unpaired) electrons. The van der Waals surface area contributed by atoms with Gasteiger partial charge in [-0.1, -0.05) is 19.1 Å². The monoisotopic (exact) mass is 307 g/mol. The average Bonchev–Trinajstić information content (AvgIpc) is 2.97. The maximum atomic E-state index is 12.9. The highest BCUT2D eigenvalue weighted by Crippen LogP contribution is 2.27. The van der Waals surface area contributed by atoms with Crippen molar-refractivity contribution in [3.8, 4) is 0 Å². The highest BCUT2D eigenvalue weighted by atomic mass is 32.1. The van der Waals surface area contributed by atoms with E-state index in [0.717, 1.165) is 30.2 Å². The van der Waals surface area contributed by atoms with E-state index in [0.29, 0.717) is 6.04 Å². The predicted octanol–water partition coefficient (Wildman–Crippen LogP) is 3.98. The van der Waals surface area contributed by atoms with Crippen molar-refractivity contribution in [1.29, 1.82) is 0 Å². The number of aromatic nitrogens is 1. The number of nitrogens with one attached hydrogen (secondary N) is 1. The molecular formula is C16H22FN3S. The van der Waals surface area contributed by atoms with Crippen LogP contribution in [-0.2, 0) is 6.54 Å². The molecule has 0 fully saturated rings. The van der Waals surface area contributed by atoms with Crippen LogP contribution in [0.25, 0.3) is 0 Å². The molecule has 0 aliphatic rings. The molecule has 5 heteroatoms. The molecule has 0 saturated heterocycles. The Bertz CT molecular complexity index is 553. The van der Waals surface area contributed by atoms with Gasteiger partial charge in [-0.15, -0.1) is 11.3 Å². The molecular weight excluding hydrogens is 285 g/mol. The van der Waals surface area contributed by atoms with Crippen LogP contribution >= 0.6 is 11.3 Å². The quantitative estimate of drug-likeness (QED) is 0.838. The van der Waals surface area contributed by atoms with Gasteiger partial charge in [0.25, 0.3) is 0 Å². The van der Waals surface area contributed by atoms with Crippen molar-refractivity contribution < 1.29 is 4.39 Å². The molecule has 0 bridgehead atoms. The summed E-state index contributed by atoms with van der Waals surface area (Å²) in [7, 11) is 2.01. The second kappa shape index (κ2) is 7.52. The molecule has 3 nitrogen and oxygen atoms in total. The first-order valence-electron chi connectivity index (χ1n) is 7.25. The number of anilines is 1. The van der Waals surface area contributed by atoms with Gasteiger partial charge in [0.2, 0.25) is 0 Å². The summed E-state index contributed by atoms with van der Waals surface area (Å²) in [5.41, 5.74) is 1.08. The largest absolute Gasteiger partial charge is 0.347 e. The van der Waals surface area contributed by atoms with E-state index in [1.807, 2.05) is 25.4 Å². The van der Waals surface area contributed by atoms with Gasteiger partial charge in [0.05, 0.1) is 0 Å². The van der Waals surface area contributed by atoms with Crippen molar-refractivity contribution in [2.24, 2.45) is 0 Å². The van der Waals surface area contributed by atoms with Crippen LogP contribution in [0.1, 0.15) is 36.8 Å². The minimum atomic E-state index is -0.200. The molecule has 1 heterocycles. The Balaban J connectivity index is 1.98. The predicted molar refractivity (Wildman–Crippen MR) is 87.3 cm³/mol. The third-order valence-electron chi connectivity index (χ3n) is 3.30. The summed E-state index contributed by atoms with van der Waals surface area (Å²) in [6.07, 6.45) is 3.06. The lowest BCUT2D eigenvalue weighted by Crippen LogP contribution is -2.18. The van der Waals surface area contributed by atoms with Crippen LogP contribution in [0.5, 0.6) is 0 Å². The smallest absolute Gasteiger partial charge is 0.185 e. The lowest BCUT2D eigenvalue weighted by Gasteiger charge is -2.16. The Morgan fingerprint density at radius 2 is 2.05 bits per heavy atom. The van der Waals surface area contributed by atoms with Gasteiger partial charge >= 0.3 is 0 Å². The molecule has 2 rings (SSSR count). The summed E-state index contributed by atoms with van der Waals surface area (Å²) in [4.78, 5) is 7.82. The first-order chi connectivity index (χ1) is 10.1. The fraction of sp³-hybridized carbons (Fsp3) is 0.438. The topological polar surface area (TPSA) is 28.2 Å². The van der Waals surface area contributed by atoms with E-state index in [4.69, 9.17) is 0 Å². The molecule has 0 aliphatic heterocycles.